The van der Waals surface area contributed by atoms with E-state index in [2.05, 4.69) is 19.1 Å². The summed E-state index contributed by atoms with van der Waals surface area (Å²) in [5.74, 6) is 1.98. The molecule has 192 valence electrons. The second-order valence-corrected chi connectivity index (χ2v) is 10.2. The van der Waals surface area contributed by atoms with Crippen LogP contribution in [-0.2, 0) is 6.61 Å². The molecule has 0 N–H and O–H groups in total. The van der Waals surface area contributed by atoms with Crippen LogP contribution in [0.4, 0.5) is 5.13 Å². The fourth-order valence-electron chi connectivity index (χ4n) is 4.42. The van der Waals surface area contributed by atoms with Crippen LogP contribution in [0, 0.1) is 6.92 Å². The molecule has 2 aromatic heterocycles. The minimum absolute atomic E-state index is 0.456. The molecule has 0 saturated heterocycles. The zero-order chi connectivity index (χ0) is 26.6. The average Bonchev–Trinajstić information content (AvgIpc) is 3.36. The first kappa shape index (κ1) is 24.6. The number of fused-ring (bicyclic) bond motifs is 1. The summed E-state index contributed by atoms with van der Waals surface area (Å²) in [5, 5.41) is 2.42. The van der Waals surface area contributed by atoms with Crippen LogP contribution in [0.1, 0.15) is 10.4 Å². The number of ether oxygens (including phenoxy) is 2. The summed E-state index contributed by atoms with van der Waals surface area (Å²) in [7, 11) is 1.64. The van der Waals surface area contributed by atoms with Crippen molar-refractivity contribution >= 4 is 27.4 Å². The van der Waals surface area contributed by atoms with Gasteiger partial charge < -0.3 is 13.9 Å². The van der Waals surface area contributed by atoms with Crippen LogP contribution in [0.25, 0.3) is 33.6 Å². The highest BCUT2D eigenvalue weighted by Gasteiger charge is 2.13. The molecular weight excluding hydrogens is 504 g/mol. The van der Waals surface area contributed by atoms with Gasteiger partial charge in [0.1, 0.15) is 18.0 Å². The molecule has 5 nitrogen and oxygen atoms in total. The number of rotatable bonds is 7. The van der Waals surface area contributed by atoms with Crippen molar-refractivity contribution in [2.24, 2.45) is 4.99 Å². The first-order valence-corrected chi connectivity index (χ1v) is 13.5. The monoisotopic (exact) mass is 530 g/mol. The van der Waals surface area contributed by atoms with Gasteiger partial charge in [-0.2, -0.15) is 0 Å². The Morgan fingerprint density at radius 3 is 2.33 bits per heavy atom. The summed E-state index contributed by atoms with van der Waals surface area (Å²) in [6.07, 6.45) is 0. The number of benzene rings is 4. The highest BCUT2D eigenvalue weighted by atomic mass is 32.1. The minimum atomic E-state index is 0.456. The zero-order valence-electron chi connectivity index (χ0n) is 21.6. The molecule has 0 aliphatic rings. The lowest BCUT2D eigenvalue weighted by Crippen LogP contribution is -2.03. The van der Waals surface area contributed by atoms with Gasteiger partial charge in [-0.1, -0.05) is 84.1 Å². The largest absolute Gasteiger partial charge is 0.493 e. The van der Waals surface area contributed by atoms with Gasteiger partial charge in [-0.15, -0.1) is 0 Å². The van der Waals surface area contributed by atoms with Crippen molar-refractivity contribution in [1.82, 2.24) is 4.98 Å². The maximum absolute atomic E-state index is 6.32. The number of aromatic nitrogens is 1. The number of hydrogen-bond acceptors (Lipinski definition) is 6. The molecule has 6 rings (SSSR count). The van der Waals surface area contributed by atoms with Gasteiger partial charge in [0.25, 0.3) is 0 Å². The van der Waals surface area contributed by atoms with Gasteiger partial charge in [0, 0.05) is 27.5 Å². The molecule has 0 radical (unpaired) electrons. The smallest absolute Gasteiger partial charge is 0.210 e. The van der Waals surface area contributed by atoms with E-state index in [1.54, 1.807) is 18.4 Å². The lowest BCUT2D eigenvalue weighted by atomic mass is 10.1. The molecule has 0 bridgehead atoms. The Morgan fingerprint density at radius 1 is 0.795 bits per heavy atom. The van der Waals surface area contributed by atoms with Crippen LogP contribution < -0.4 is 14.8 Å². The Bertz CT molecular complexity index is 1810. The first-order chi connectivity index (χ1) is 19.2. The third-order valence-corrected chi connectivity index (χ3v) is 7.25. The maximum atomic E-state index is 6.32. The van der Waals surface area contributed by atoms with E-state index in [1.165, 1.54) is 0 Å². The van der Waals surface area contributed by atoms with Gasteiger partial charge in [-0.3, -0.25) is 0 Å². The summed E-state index contributed by atoms with van der Waals surface area (Å²) >= 11 is 1.58. The van der Waals surface area contributed by atoms with Crippen molar-refractivity contribution in [2.75, 3.05) is 7.11 Å². The van der Waals surface area contributed by atoms with E-state index in [1.807, 2.05) is 97.1 Å². The number of thiazole rings is 1. The van der Waals surface area contributed by atoms with Crippen LogP contribution >= 0.6 is 11.3 Å². The molecule has 6 aromatic rings. The van der Waals surface area contributed by atoms with Gasteiger partial charge in [-0.25, -0.2) is 9.98 Å². The normalized spacial score (nSPS) is 11.6. The first-order valence-electron chi connectivity index (χ1n) is 12.6. The summed E-state index contributed by atoms with van der Waals surface area (Å²) in [6.45, 7) is 2.54. The lowest BCUT2D eigenvalue weighted by molar-refractivity contribution is 0.284. The van der Waals surface area contributed by atoms with Crippen LogP contribution in [0.15, 0.2) is 119 Å². The Hall–Kier alpha value is -4.68. The Labute approximate surface area is 230 Å². The molecule has 0 unspecified atom stereocenters. The van der Waals surface area contributed by atoms with E-state index in [4.69, 9.17) is 23.9 Å². The summed E-state index contributed by atoms with van der Waals surface area (Å²) in [4.78, 5) is 11.0. The third-order valence-electron chi connectivity index (χ3n) is 6.38. The Morgan fingerprint density at radius 2 is 1.54 bits per heavy atom. The van der Waals surface area contributed by atoms with E-state index >= 15 is 0 Å². The fourth-order valence-corrected chi connectivity index (χ4v) is 5.24. The zero-order valence-corrected chi connectivity index (χ0v) is 22.4. The molecule has 0 amide bonds. The Balaban J connectivity index is 1.39. The Kier molecular flexibility index (Phi) is 6.93. The van der Waals surface area contributed by atoms with Crippen LogP contribution in [-0.4, -0.2) is 12.1 Å². The number of aryl methyl sites for hydroxylation is 1. The van der Waals surface area contributed by atoms with Crippen molar-refractivity contribution in [3.8, 4) is 34.1 Å². The molecule has 0 fully saturated rings. The topological polar surface area (TPSA) is 56.9 Å². The summed E-state index contributed by atoms with van der Waals surface area (Å²) in [5.41, 5.74) is 4.74. The van der Waals surface area contributed by atoms with Gasteiger partial charge >= 0.3 is 0 Å². The van der Waals surface area contributed by atoms with Crippen molar-refractivity contribution in [3.63, 3.8) is 0 Å². The molecule has 2 heterocycles. The summed E-state index contributed by atoms with van der Waals surface area (Å²) < 4.78 is 18.0. The van der Waals surface area contributed by atoms with Gasteiger partial charge in [-0.05, 0) is 42.8 Å². The SMILES string of the molecule is COc1cc(-c2cc(=Nc3nc(-c4ccccc4)c(C)s3)c3ccccc3o2)ccc1OCc1ccccc1. The quantitative estimate of drug-likeness (QED) is 0.208. The van der Waals surface area contributed by atoms with Crippen LogP contribution in [0.5, 0.6) is 11.5 Å². The molecular formula is C33H26N2O3S. The van der Waals surface area contributed by atoms with E-state index in [-0.39, 0.29) is 0 Å². The standard InChI is InChI=1S/C33H26N2O3S/c1-22-32(24-13-7-4-8-14-24)35-33(39-22)34-27-20-30(38-28-16-10-9-15-26(27)28)25-17-18-29(31(19-25)36-2)37-21-23-11-5-3-6-12-23/h3-20H,21H2,1-2H3. The average molecular weight is 531 g/mol. The number of methoxy groups -OCH3 is 1. The van der Waals surface area contributed by atoms with E-state index < -0.39 is 0 Å². The fraction of sp³-hybridized carbons (Fsp3) is 0.0909. The molecule has 39 heavy (non-hydrogen) atoms. The lowest BCUT2D eigenvalue weighted by Gasteiger charge is -2.12. The second kappa shape index (κ2) is 11.0. The van der Waals surface area contributed by atoms with Gasteiger partial charge in [0.2, 0.25) is 5.13 Å². The molecule has 0 atom stereocenters. The third kappa shape index (κ3) is 5.33. The maximum Gasteiger partial charge on any atom is 0.210 e. The molecule has 0 aliphatic carbocycles. The van der Waals surface area contributed by atoms with Gasteiger partial charge in [0.15, 0.2) is 11.5 Å². The number of hydrogen-bond donors (Lipinski definition) is 0. The number of para-hydroxylation sites is 1. The highest BCUT2D eigenvalue weighted by Crippen LogP contribution is 2.34. The highest BCUT2D eigenvalue weighted by molar-refractivity contribution is 7.15. The molecule has 6 heteroatoms. The molecule has 0 saturated carbocycles. The summed E-state index contributed by atoms with van der Waals surface area (Å²) in [6, 6.07) is 35.9. The van der Waals surface area contributed by atoms with Crippen molar-refractivity contribution in [1.29, 1.82) is 0 Å². The molecule has 0 spiro atoms. The van der Waals surface area contributed by atoms with Crippen molar-refractivity contribution < 1.29 is 13.9 Å². The predicted octanol–water partition coefficient (Wildman–Crippen LogP) is 8.35. The second-order valence-electron chi connectivity index (χ2n) is 9.01. The van der Waals surface area contributed by atoms with Gasteiger partial charge in [0.05, 0.1) is 18.2 Å². The minimum Gasteiger partial charge on any atom is -0.493 e. The predicted molar refractivity (Wildman–Crippen MR) is 156 cm³/mol. The van der Waals surface area contributed by atoms with E-state index in [0.29, 0.717) is 29.0 Å². The van der Waals surface area contributed by atoms with Crippen LogP contribution in [0.3, 0.4) is 0 Å². The van der Waals surface area contributed by atoms with E-state index in [9.17, 15) is 0 Å². The molecule has 4 aromatic carbocycles. The molecule has 0 aliphatic heterocycles. The van der Waals surface area contributed by atoms with Crippen molar-refractivity contribution in [2.45, 2.75) is 13.5 Å². The number of nitrogens with zero attached hydrogens (tertiary/aromatic N) is 2. The van der Waals surface area contributed by atoms with Crippen LogP contribution in [0.2, 0.25) is 0 Å². The van der Waals surface area contributed by atoms with Crippen molar-refractivity contribution in [3.05, 3.63) is 125 Å². The van der Waals surface area contributed by atoms with E-state index in [0.717, 1.165) is 43.6 Å².